The minimum absolute atomic E-state index is 0.196. The zero-order valence-electron chi connectivity index (χ0n) is 20.7. The highest BCUT2D eigenvalue weighted by atomic mass is 16.5. The van der Waals surface area contributed by atoms with Crippen LogP contribution < -0.4 is 10.6 Å². The summed E-state index contributed by atoms with van der Waals surface area (Å²) in [7, 11) is 0. The van der Waals surface area contributed by atoms with Gasteiger partial charge in [-0.3, -0.25) is 19.7 Å². The number of fused-ring (bicyclic) bond motifs is 2. The van der Waals surface area contributed by atoms with Crippen molar-refractivity contribution in [2.75, 3.05) is 56.6 Å². The number of amides is 1. The van der Waals surface area contributed by atoms with Crippen molar-refractivity contribution in [1.29, 1.82) is 0 Å². The SMILES string of the molecule is O=C(Nc1ccc2c(c1)CN(CCN1CCOCC1)CC2)c1cccnc1Nc1ccc2cn[nH]c2c1. The van der Waals surface area contributed by atoms with Crippen molar-refractivity contribution in [3.63, 3.8) is 0 Å². The molecule has 2 aliphatic heterocycles. The van der Waals surface area contributed by atoms with E-state index in [2.05, 4.69) is 47.7 Å². The molecule has 1 saturated heterocycles. The summed E-state index contributed by atoms with van der Waals surface area (Å²) in [6.45, 7) is 7.79. The molecule has 0 radical (unpaired) electrons. The van der Waals surface area contributed by atoms with Crippen molar-refractivity contribution in [3.05, 3.63) is 77.6 Å². The second kappa shape index (κ2) is 10.7. The van der Waals surface area contributed by atoms with Gasteiger partial charge in [-0.25, -0.2) is 4.98 Å². The van der Waals surface area contributed by atoms with Crippen LogP contribution in [0.25, 0.3) is 10.9 Å². The van der Waals surface area contributed by atoms with Crippen LogP contribution in [0.2, 0.25) is 0 Å². The molecular weight excluding hydrogens is 466 g/mol. The number of anilines is 3. The Bertz CT molecular complexity index is 1400. The number of pyridine rings is 1. The number of aromatic amines is 1. The minimum atomic E-state index is -0.196. The van der Waals surface area contributed by atoms with Gasteiger partial charge in [-0.15, -0.1) is 0 Å². The molecule has 2 aromatic heterocycles. The summed E-state index contributed by atoms with van der Waals surface area (Å²) in [5.74, 6) is 0.310. The van der Waals surface area contributed by atoms with E-state index >= 15 is 0 Å². The van der Waals surface area contributed by atoms with Crippen molar-refractivity contribution in [3.8, 4) is 0 Å². The van der Waals surface area contributed by atoms with Gasteiger partial charge in [-0.05, 0) is 60.0 Å². The van der Waals surface area contributed by atoms with Crippen LogP contribution in [0.1, 0.15) is 21.5 Å². The number of ether oxygens (including phenoxy) is 1. The highest BCUT2D eigenvalue weighted by Crippen LogP contribution is 2.25. The molecule has 0 atom stereocenters. The van der Waals surface area contributed by atoms with Crippen LogP contribution in [0.15, 0.2) is 60.9 Å². The Morgan fingerprint density at radius 2 is 1.84 bits per heavy atom. The van der Waals surface area contributed by atoms with E-state index in [1.807, 2.05) is 24.3 Å². The molecule has 4 aromatic rings. The molecule has 0 bridgehead atoms. The molecule has 9 nitrogen and oxygen atoms in total. The van der Waals surface area contributed by atoms with E-state index in [1.165, 1.54) is 11.1 Å². The fraction of sp³-hybridized carbons (Fsp3) is 0.321. The first-order chi connectivity index (χ1) is 18.2. The van der Waals surface area contributed by atoms with E-state index in [9.17, 15) is 4.79 Å². The maximum Gasteiger partial charge on any atom is 0.259 e. The van der Waals surface area contributed by atoms with Crippen LogP contribution in [-0.4, -0.2) is 76.8 Å². The first kappa shape index (κ1) is 23.6. The highest BCUT2D eigenvalue weighted by Gasteiger charge is 2.19. The molecular formula is C28H31N7O2. The monoisotopic (exact) mass is 497 g/mol. The van der Waals surface area contributed by atoms with Gasteiger partial charge in [0, 0.05) is 62.2 Å². The normalized spacial score (nSPS) is 16.4. The predicted octanol–water partition coefficient (Wildman–Crippen LogP) is 3.64. The lowest BCUT2D eigenvalue weighted by Gasteiger charge is -2.32. The molecule has 3 N–H and O–H groups in total. The number of hydrogen-bond acceptors (Lipinski definition) is 7. The van der Waals surface area contributed by atoms with Gasteiger partial charge in [0.1, 0.15) is 5.82 Å². The summed E-state index contributed by atoms with van der Waals surface area (Å²) >= 11 is 0. The second-order valence-corrected chi connectivity index (χ2v) is 9.61. The fourth-order valence-corrected chi connectivity index (χ4v) is 5.03. The Labute approximate surface area is 215 Å². The number of hydrogen-bond donors (Lipinski definition) is 3. The fourth-order valence-electron chi connectivity index (χ4n) is 5.03. The van der Waals surface area contributed by atoms with E-state index in [4.69, 9.17) is 4.74 Å². The van der Waals surface area contributed by atoms with E-state index in [0.29, 0.717) is 11.4 Å². The standard InChI is InChI=1S/C28H31N7O2/c36-28(25-2-1-8-29-27(25)31-24-6-4-21-18-30-33-26(21)17-24)32-23-5-3-20-7-9-35(19-22(20)16-23)11-10-34-12-14-37-15-13-34/h1-6,8,16-18H,7,9-15,19H2,(H,29,31)(H,30,33)(H,32,36). The van der Waals surface area contributed by atoms with Crippen molar-refractivity contribution < 1.29 is 9.53 Å². The lowest BCUT2D eigenvalue weighted by molar-refractivity contribution is 0.0327. The second-order valence-electron chi connectivity index (χ2n) is 9.61. The van der Waals surface area contributed by atoms with Gasteiger partial charge in [0.2, 0.25) is 0 Å². The number of carbonyl (C=O) groups is 1. The third-order valence-electron chi connectivity index (χ3n) is 7.15. The maximum absolute atomic E-state index is 13.3. The third-order valence-corrected chi connectivity index (χ3v) is 7.15. The Hall–Kier alpha value is -3.79. The molecule has 2 aromatic carbocycles. The summed E-state index contributed by atoms with van der Waals surface area (Å²) in [5, 5.41) is 14.4. The summed E-state index contributed by atoms with van der Waals surface area (Å²) in [5.41, 5.74) is 5.67. The number of H-pyrrole nitrogens is 1. The number of rotatable bonds is 7. The average molecular weight is 498 g/mol. The molecule has 0 aliphatic carbocycles. The van der Waals surface area contributed by atoms with Crippen molar-refractivity contribution in [2.24, 2.45) is 0 Å². The first-order valence-electron chi connectivity index (χ1n) is 12.8. The number of morpholine rings is 1. The molecule has 0 saturated carbocycles. The topological polar surface area (TPSA) is 98.4 Å². The molecule has 37 heavy (non-hydrogen) atoms. The zero-order valence-corrected chi connectivity index (χ0v) is 20.7. The lowest BCUT2D eigenvalue weighted by atomic mass is 9.99. The number of nitrogens with zero attached hydrogens (tertiary/aromatic N) is 4. The zero-order chi connectivity index (χ0) is 25.0. The molecule has 2 aliphatic rings. The van der Waals surface area contributed by atoms with Gasteiger partial charge >= 0.3 is 0 Å². The van der Waals surface area contributed by atoms with Crippen molar-refractivity contribution in [2.45, 2.75) is 13.0 Å². The van der Waals surface area contributed by atoms with Gasteiger partial charge in [-0.1, -0.05) is 6.07 Å². The molecule has 4 heterocycles. The smallest absolute Gasteiger partial charge is 0.259 e. The van der Waals surface area contributed by atoms with Gasteiger partial charge < -0.3 is 15.4 Å². The minimum Gasteiger partial charge on any atom is -0.379 e. The van der Waals surface area contributed by atoms with Crippen LogP contribution in [0.4, 0.5) is 17.2 Å². The molecule has 1 fully saturated rings. The summed E-state index contributed by atoms with van der Waals surface area (Å²) in [6.07, 6.45) is 4.49. The van der Waals surface area contributed by atoms with Gasteiger partial charge in [-0.2, -0.15) is 5.10 Å². The molecule has 1 amide bonds. The Kier molecular flexibility index (Phi) is 6.81. The highest BCUT2D eigenvalue weighted by molar-refractivity contribution is 6.08. The van der Waals surface area contributed by atoms with Crippen LogP contribution >= 0.6 is 0 Å². The van der Waals surface area contributed by atoms with E-state index in [-0.39, 0.29) is 5.91 Å². The molecule has 9 heteroatoms. The van der Waals surface area contributed by atoms with Crippen LogP contribution in [-0.2, 0) is 17.7 Å². The Balaban J connectivity index is 1.12. The molecule has 0 spiro atoms. The number of nitrogens with one attached hydrogen (secondary N) is 3. The van der Waals surface area contributed by atoms with Gasteiger partial charge in [0.15, 0.2) is 0 Å². The number of aromatic nitrogens is 3. The Morgan fingerprint density at radius 1 is 0.973 bits per heavy atom. The van der Waals surface area contributed by atoms with Crippen LogP contribution in [0, 0.1) is 0 Å². The average Bonchev–Trinajstić information content (AvgIpc) is 3.40. The Morgan fingerprint density at radius 3 is 2.76 bits per heavy atom. The van der Waals surface area contributed by atoms with E-state index in [1.54, 1.807) is 24.5 Å². The van der Waals surface area contributed by atoms with Crippen LogP contribution in [0.5, 0.6) is 0 Å². The lowest BCUT2D eigenvalue weighted by Crippen LogP contribution is -2.42. The summed E-state index contributed by atoms with van der Waals surface area (Å²) in [4.78, 5) is 22.7. The third kappa shape index (κ3) is 5.48. The summed E-state index contributed by atoms with van der Waals surface area (Å²) in [6, 6.07) is 15.7. The predicted molar refractivity (Wildman–Crippen MR) is 144 cm³/mol. The molecule has 0 unspecified atom stereocenters. The summed E-state index contributed by atoms with van der Waals surface area (Å²) < 4.78 is 5.46. The van der Waals surface area contributed by atoms with Crippen molar-refractivity contribution >= 4 is 34.0 Å². The number of benzene rings is 2. The molecule has 6 rings (SSSR count). The van der Waals surface area contributed by atoms with Gasteiger partial charge in [0.25, 0.3) is 5.91 Å². The van der Waals surface area contributed by atoms with Crippen LogP contribution in [0.3, 0.4) is 0 Å². The number of carbonyl (C=O) groups excluding carboxylic acids is 1. The largest absolute Gasteiger partial charge is 0.379 e. The van der Waals surface area contributed by atoms with Gasteiger partial charge in [0.05, 0.1) is 30.5 Å². The van der Waals surface area contributed by atoms with E-state index in [0.717, 1.165) is 81.2 Å². The molecule has 190 valence electrons. The van der Waals surface area contributed by atoms with Crippen molar-refractivity contribution in [1.82, 2.24) is 25.0 Å². The maximum atomic E-state index is 13.3. The quantitative estimate of drug-likeness (QED) is 0.359. The van der Waals surface area contributed by atoms with E-state index < -0.39 is 0 Å². The first-order valence-corrected chi connectivity index (χ1v) is 12.8.